The Balaban J connectivity index is 3.20. The van der Waals surface area contributed by atoms with E-state index in [-0.39, 0.29) is 6.21 Å². The molecular weight excluding hydrogens is 70.0 g/mol. The summed E-state index contributed by atoms with van der Waals surface area (Å²) in [4.78, 5) is 9.06. The molecule has 0 aliphatic carbocycles. The molecule has 0 spiro atoms. The zero-order chi connectivity index (χ0) is 4.28. The quantitative estimate of drug-likeness (QED) is 0.433. The summed E-state index contributed by atoms with van der Waals surface area (Å²) >= 11 is 0. The SMILES string of the molecule is [N-]=CC(=O)O. The summed E-state index contributed by atoms with van der Waals surface area (Å²) in [5.41, 5.74) is 0. The van der Waals surface area contributed by atoms with Crippen molar-refractivity contribution in [1.29, 1.82) is 0 Å². The summed E-state index contributed by atoms with van der Waals surface area (Å²) in [6.07, 6.45) is 0.0833. The number of carboxylic acids is 1. The van der Waals surface area contributed by atoms with Crippen LogP contribution < -0.4 is 0 Å². The van der Waals surface area contributed by atoms with Crippen LogP contribution >= 0.6 is 0 Å². The molecule has 0 aromatic heterocycles. The summed E-state index contributed by atoms with van der Waals surface area (Å²) in [7, 11) is 0. The highest BCUT2D eigenvalue weighted by molar-refractivity contribution is 6.23. The van der Waals surface area contributed by atoms with Crippen molar-refractivity contribution in [3.63, 3.8) is 0 Å². The smallest absolute Gasteiger partial charge is 0.304 e. The Morgan fingerprint density at radius 2 is 2.20 bits per heavy atom. The molecule has 0 amide bonds. The number of aliphatic carboxylic acids is 1. The molecule has 1 N–H and O–H groups in total. The van der Waals surface area contributed by atoms with Gasteiger partial charge in [-0.1, -0.05) is 0 Å². The minimum atomic E-state index is -1.31. The van der Waals surface area contributed by atoms with Crippen molar-refractivity contribution in [1.82, 2.24) is 0 Å². The van der Waals surface area contributed by atoms with Crippen LogP contribution in [0.25, 0.3) is 5.41 Å². The highest BCUT2D eigenvalue weighted by Crippen LogP contribution is 1.42. The van der Waals surface area contributed by atoms with Crippen molar-refractivity contribution >= 4 is 12.2 Å². The molecule has 0 unspecified atom stereocenters. The molecule has 0 fully saturated rings. The van der Waals surface area contributed by atoms with Crippen LogP contribution in [-0.2, 0) is 4.79 Å². The Morgan fingerprint density at radius 3 is 2.20 bits per heavy atom. The fraction of sp³-hybridized carbons (Fsp3) is 0. The fourth-order valence-electron chi connectivity index (χ4n) is 0. The van der Waals surface area contributed by atoms with Gasteiger partial charge in [-0.05, 0) is 0 Å². The third-order valence-electron chi connectivity index (χ3n) is 0.110. The van der Waals surface area contributed by atoms with Crippen LogP contribution in [0.1, 0.15) is 0 Å². The normalized spacial score (nSPS) is 6.40. The van der Waals surface area contributed by atoms with Gasteiger partial charge in [0.2, 0.25) is 0 Å². The summed E-state index contributed by atoms with van der Waals surface area (Å²) in [6.45, 7) is 0. The van der Waals surface area contributed by atoms with Crippen LogP contribution in [-0.4, -0.2) is 17.3 Å². The van der Waals surface area contributed by atoms with E-state index in [0.29, 0.717) is 0 Å². The van der Waals surface area contributed by atoms with E-state index >= 15 is 0 Å². The van der Waals surface area contributed by atoms with Gasteiger partial charge in [0.25, 0.3) is 0 Å². The van der Waals surface area contributed by atoms with E-state index < -0.39 is 5.97 Å². The summed E-state index contributed by atoms with van der Waals surface area (Å²) in [5.74, 6) is -1.31. The predicted molar refractivity (Wildman–Crippen MR) is 17.1 cm³/mol. The van der Waals surface area contributed by atoms with Crippen molar-refractivity contribution in [2.75, 3.05) is 0 Å². The van der Waals surface area contributed by atoms with Crippen LogP contribution in [0.2, 0.25) is 0 Å². The molecule has 0 bridgehead atoms. The molecule has 0 aromatic rings. The summed E-state index contributed by atoms with van der Waals surface area (Å²) in [6, 6.07) is 0. The Labute approximate surface area is 28.7 Å². The second-order valence-electron chi connectivity index (χ2n) is 0.467. The number of nitrogens with zero attached hydrogens (tertiary/aromatic N) is 1. The highest BCUT2D eigenvalue weighted by Gasteiger charge is 1.67. The molecule has 0 aliphatic heterocycles. The lowest BCUT2D eigenvalue weighted by atomic mass is 10.8. The molecular formula is C2H2NO2-. The number of carboxylic acid groups (broad SMARTS) is 1. The average molecular weight is 72.0 g/mol. The monoisotopic (exact) mass is 72.0 g/mol. The van der Waals surface area contributed by atoms with Gasteiger partial charge in [-0.2, -0.15) is 0 Å². The lowest BCUT2D eigenvalue weighted by Gasteiger charge is -1.74. The number of carbonyl (C=O) groups is 1. The Bertz CT molecular complexity index is 58.7. The molecule has 0 saturated heterocycles. The van der Waals surface area contributed by atoms with Crippen LogP contribution in [0.3, 0.4) is 0 Å². The van der Waals surface area contributed by atoms with Crippen LogP contribution in [0, 0.1) is 0 Å². The van der Waals surface area contributed by atoms with E-state index in [1.807, 2.05) is 0 Å². The lowest BCUT2D eigenvalue weighted by molar-refractivity contribution is -0.128. The van der Waals surface area contributed by atoms with Gasteiger partial charge >= 0.3 is 5.97 Å². The van der Waals surface area contributed by atoms with Gasteiger partial charge in [0.05, 0.1) is 0 Å². The molecule has 0 radical (unpaired) electrons. The zero-order valence-electron chi connectivity index (χ0n) is 2.38. The lowest BCUT2D eigenvalue weighted by Crippen LogP contribution is -1.90. The van der Waals surface area contributed by atoms with Gasteiger partial charge in [-0.15, -0.1) is 6.21 Å². The van der Waals surface area contributed by atoms with Gasteiger partial charge in [-0.3, -0.25) is 0 Å². The molecule has 0 atom stereocenters. The molecule has 0 aliphatic rings. The van der Waals surface area contributed by atoms with Crippen molar-refractivity contribution in [2.24, 2.45) is 0 Å². The molecule has 3 heteroatoms. The van der Waals surface area contributed by atoms with Gasteiger partial charge in [0, 0.05) is 0 Å². The highest BCUT2D eigenvalue weighted by atomic mass is 16.4. The van der Waals surface area contributed by atoms with Crippen molar-refractivity contribution < 1.29 is 9.90 Å². The van der Waals surface area contributed by atoms with E-state index in [1.54, 1.807) is 0 Å². The average Bonchev–Trinajstić information content (AvgIpc) is 1.38. The van der Waals surface area contributed by atoms with E-state index in [4.69, 9.17) is 15.3 Å². The van der Waals surface area contributed by atoms with Gasteiger partial charge < -0.3 is 10.5 Å². The van der Waals surface area contributed by atoms with E-state index in [1.165, 1.54) is 0 Å². The van der Waals surface area contributed by atoms with Crippen LogP contribution in [0.5, 0.6) is 0 Å². The van der Waals surface area contributed by atoms with Gasteiger partial charge in [0.15, 0.2) is 0 Å². The Morgan fingerprint density at radius 1 is 2.00 bits per heavy atom. The zero-order valence-corrected chi connectivity index (χ0v) is 2.38. The molecule has 0 aromatic carbocycles. The second kappa shape index (κ2) is 1.46. The summed E-state index contributed by atoms with van der Waals surface area (Å²) < 4.78 is 0. The molecule has 5 heavy (non-hydrogen) atoms. The molecule has 28 valence electrons. The minimum Gasteiger partial charge on any atom is -0.805 e. The maximum absolute atomic E-state index is 9.06. The van der Waals surface area contributed by atoms with E-state index in [9.17, 15) is 0 Å². The largest absolute Gasteiger partial charge is 0.805 e. The maximum Gasteiger partial charge on any atom is 0.304 e. The van der Waals surface area contributed by atoms with Crippen molar-refractivity contribution in [2.45, 2.75) is 0 Å². The standard InChI is InChI=1S/C2H2NO2/c3-1-2(4)5/h1H,(H,4,5)/q-1. The van der Waals surface area contributed by atoms with Crippen LogP contribution in [0.15, 0.2) is 0 Å². The van der Waals surface area contributed by atoms with Gasteiger partial charge in [0.1, 0.15) is 0 Å². The first-order chi connectivity index (χ1) is 2.27. The molecule has 3 nitrogen and oxygen atoms in total. The number of rotatable bonds is 1. The predicted octanol–water partition coefficient (Wildman–Crippen LogP) is -0.289. The minimum absolute atomic E-state index is 0.0833. The van der Waals surface area contributed by atoms with E-state index in [0.717, 1.165) is 0 Å². The first kappa shape index (κ1) is 4.14. The molecule has 0 saturated carbocycles. The summed E-state index contributed by atoms with van der Waals surface area (Å²) in [5, 5.41) is 14.8. The Hall–Kier alpha value is -0.860. The van der Waals surface area contributed by atoms with Crippen LogP contribution in [0.4, 0.5) is 0 Å². The molecule has 0 rings (SSSR count). The third kappa shape index (κ3) is 3.14. The van der Waals surface area contributed by atoms with Crippen molar-refractivity contribution in [3.8, 4) is 0 Å². The third-order valence-corrected chi connectivity index (χ3v) is 0.110. The first-order valence-corrected chi connectivity index (χ1v) is 0.975. The molecule has 0 heterocycles. The number of hydrogen-bond acceptors (Lipinski definition) is 1. The maximum atomic E-state index is 9.06. The second-order valence-corrected chi connectivity index (χ2v) is 0.467. The fourth-order valence-corrected chi connectivity index (χ4v) is 0. The van der Waals surface area contributed by atoms with E-state index in [2.05, 4.69) is 0 Å². The van der Waals surface area contributed by atoms with Crippen molar-refractivity contribution in [3.05, 3.63) is 5.41 Å². The Kier molecular flexibility index (Phi) is 1.21. The number of hydrogen-bond donors (Lipinski definition) is 1. The topological polar surface area (TPSA) is 59.6 Å². The first-order valence-electron chi connectivity index (χ1n) is 0.975. The van der Waals surface area contributed by atoms with Gasteiger partial charge in [-0.25, -0.2) is 4.79 Å².